The molecule has 3 N–H and O–H groups in total. The number of amides is 3. The molecule has 4 rings (SSSR count). The largest absolute Gasteiger partial charge is 0.405 e. The van der Waals surface area contributed by atoms with Crippen molar-refractivity contribution < 1.29 is 27.6 Å². The number of halogens is 3. The third kappa shape index (κ3) is 6.45. The molecule has 2 atom stereocenters. The number of carbonyl (C=O) groups excluding carboxylic acids is 3. The van der Waals surface area contributed by atoms with Crippen LogP contribution in [0.5, 0.6) is 0 Å². The lowest BCUT2D eigenvalue weighted by molar-refractivity contribution is -0.141. The van der Waals surface area contributed by atoms with Gasteiger partial charge in [-0.25, -0.2) is 0 Å². The van der Waals surface area contributed by atoms with Crippen LogP contribution in [0.1, 0.15) is 68.9 Å². The average Bonchev–Trinajstić information content (AvgIpc) is 3.43. The van der Waals surface area contributed by atoms with E-state index in [1.807, 2.05) is 5.32 Å². The molecular weight excluding hydrogens is 511 g/mol. The Kier molecular flexibility index (Phi) is 7.82. The van der Waals surface area contributed by atoms with E-state index in [9.17, 15) is 27.6 Å². The highest BCUT2D eigenvalue weighted by Crippen LogP contribution is 2.58. The number of benzene rings is 1. The Hall–Kier alpha value is -3.37. The third-order valence-electron chi connectivity index (χ3n) is 8.37. The molecule has 212 valence electrons. The summed E-state index contributed by atoms with van der Waals surface area (Å²) in [5.41, 5.74) is 0.0761. The number of hydrogen-bond acceptors (Lipinski definition) is 4. The topological polar surface area (TPSA) is 105 Å². The fourth-order valence-electron chi connectivity index (χ4n) is 5.43. The minimum atomic E-state index is -4.50. The minimum Gasteiger partial charge on any atom is -0.346 e. The summed E-state index contributed by atoms with van der Waals surface area (Å²) in [4.78, 5) is 39.3. The van der Waals surface area contributed by atoms with Crippen molar-refractivity contribution in [1.29, 1.82) is 0 Å². The normalized spacial score (nSPS) is 18.4. The van der Waals surface area contributed by atoms with Crippen LogP contribution >= 0.6 is 0 Å². The lowest BCUT2D eigenvalue weighted by Gasteiger charge is -2.42. The van der Waals surface area contributed by atoms with Gasteiger partial charge in [0.15, 0.2) is 0 Å². The number of hydrogen-bond donors (Lipinski definition) is 3. The number of alkyl halides is 3. The Labute approximate surface area is 226 Å². The molecule has 1 unspecified atom stereocenters. The van der Waals surface area contributed by atoms with Gasteiger partial charge in [0, 0.05) is 18.9 Å². The smallest absolute Gasteiger partial charge is 0.346 e. The van der Waals surface area contributed by atoms with Gasteiger partial charge >= 0.3 is 6.18 Å². The summed E-state index contributed by atoms with van der Waals surface area (Å²) < 4.78 is 39.1. The molecule has 1 aromatic carbocycles. The molecule has 2 saturated carbocycles. The van der Waals surface area contributed by atoms with Crippen LogP contribution in [0.15, 0.2) is 36.5 Å². The first-order chi connectivity index (χ1) is 18.2. The summed E-state index contributed by atoms with van der Waals surface area (Å²) in [5, 5.41) is 11.9. The van der Waals surface area contributed by atoms with E-state index in [1.165, 1.54) is 24.7 Å². The van der Waals surface area contributed by atoms with Crippen LogP contribution in [0.4, 0.5) is 18.9 Å². The van der Waals surface area contributed by atoms with Crippen LogP contribution < -0.4 is 16.0 Å². The van der Waals surface area contributed by atoms with Gasteiger partial charge < -0.3 is 16.0 Å². The van der Waals surface area contributed by atoms with Gasteiger partial charge in [0.05, 0.1) is 5.41 Å². The van der Waals surface area contributed by atoms with E-state index in [1.54, 1.807) is 37.4 Å². The molecule has 0 aliphatic heterocycles. The van der Waals surface area contributed by atoms with Gasteiger partial charge in [-0.05, 0) is 67.7 Å². The summed E-state index contributed by atoms with van der Waals surface area (Å²) in [6.07, 6.45) is 2.17. The van der Waals surface area contributed by atoms with Gasteiger partial charge in [-0.3, -0.25) is 19.1 Å². The number of rotatable bonds is 10. The molecule has 2 aliphatic rings. The highest BCUT2D eigenvalue weighted by atomic mass is 19.4. The number of nitrogens with zero attached hydrogens (tertiary/aromatic N) is 2. The minimum absolute atomic E-state index is 0.0148. The average molecular weight is 548 g/mol. The van der Waals surface area contributed by atoms with E-state index >= 15 is 0 Å². The maximum Gasteiger partial charge on any atom is 0.405 e. The number of nitrogens with one attached hydrogen (secondary N) is 3. The fraction of sp³-hybridized carbons (Fsp3) is 0.571. The van der Waals surface area contributed by atoms with Gasteiger partial charge in [-0.2, -0.15) is 18.3 Å². The molecule has 8 nitrogen and oxygen atoms in total. The van der Waals surface area contributed by atoms with Crippen LogP contribution in [-0.2, 0) is 22.1 Å². The van der Waals surface area contributed by atoms with E-state index in [0.717, 1.165) is 32.1 Å². The summed E-state index contributed by atoms with van der Waals surface area (Å²) in [5.74, 6) is -1.12. The summed E-state index contributed by atoms with van der Waals surface area (Å²) >= 11 is 0. The predicted molar refractivity (Wildman–Crippen MR) is 140 cm³/mol. The summed E-state index contributed by atoms with van der Waals surface area (Å²) in [6.45, 7) is 3.84. The summed E-state index contributed by atoms with van der Waals surface area (Å²) in [6, 6.07) is 7.29. The fourth-order valence-corrected chi connectivity index (χ4v) is 5.43. The first kappa shape index (κ1) is 28.6. The number of aromatic nitrogens is 2. The molecule has 0 radical (unpaired) electrons. The van der Waals surface area contributed by atoms with Gasteiger partial charge in [-0.15, -0.1) is 0 Å². The molecule has 2 aromatic rings. The molecule has 11 heteroatoms. The maximum absolute atomic E-state index is 13.7. The van der Waals surface area contributed by atoms with E-state index in [4.69, 9.17) is 0 Å². The molecule has 1 aromatic heterocycles. The second-order valence-corrected chi connectivity index (χ2v) is 11.7. The quantitative estimate of drug-likeness (QED) is 0.412. The molecule has 2 aliphatic carbocycles. The van der Waals surface area contributed by atoms with Gasteiger partial charge in [0.25, 0.3) is 5.91 Å². The zero-order valence-corrected chi connectivity index (χ0v) is 22.7. The van der Waals surface area contributed by atoms with Crippen molar-refractivity contribution >= 4 is 23.4 Å². The Morgan fingerprint density at radius 3 is 2.23 bits per heavy atom. The number of anilines is 1. The van der Waals surface area contributed by atoms with E-state index < -0.39 is 30.1 Å². The lowest BCUT2D eigenvalue weighted by atomic mass is 9.66. The second-order valence-electron chi connectivity index (χ2n) is 11.7. The Morgan fingerprint density at radius 1 is 1.10 bits per heavy atom. The van der Waals surface area contributed by atoms with Crippen LogP contribution in [0.3, 0.4) is 0 Å². The SMILES string of the molecule is Cn1nccc1C(=O)N[C@H](C(=O)Nc1ccc(C(C)(C)C(=O)NCC(F)(F)F)cc1)C(C1CCC1)C1(C)CC1. The monoisotopic (exact) mass is 547 g/mol. The van der Waals surface area contributed by atoms with Crippen LogP contribution in [0.25, 0.3) is 0 Å². The van der Waals surface area contributed by atoms with Gasteiger partial charge in [0.1, 0.15) is 18.3 Å². The van der Waals surface area contributed by atoms with E-state index in [-0.39, 0.29) is 23.1 Å². The zero-order valence-electron chi connectivity index (χ0n) is 22.7. The van der Waals surface area contributed by atoms with E-state index in [2.05, 4.69) is 22.7 Å². The molecule has 39 heavy (non-hydrogen) atoms. The van der Waals surface area contributed by atoms with Crippen LogP contribution in [-0.4, -0.2) is 46.3 Å². The van der Waals surface area contributed by atoms with Gasteiger partial charge in [-0.1, -0.05) is 38.3 Å². The summed E-state index contributed by atoms with van der Waals surface area (Å²) in [7, 11) is 1.67. The second kappa shape index (κ2) is 10.7. The van der Waals surface area contributed by atoms with Crippen molar-refractivity contribution in [3.8, 4) is 0 Å². The number of carbonyl (C=O) groups is 3. The van der Waals surface area contributed by atoms with Gasteiger partial charge in [0.2, 0.25) is 11.8 Å². The first-order valence-electron chi connectivity index (χ1n) is 13.3. The zero-order chi connectivity index (χ0) is 28.6. The Balaban J connectivity index is 1.51. The molecule has 3 amide bonds. The molecule has 2 fully saturated rings. The Morgan fingerprint density at radius 2 is 1.74 bits per heavy atom. The highest BCUT2D eigenvalue weighted by molar-refractivity contribution is 6.01. The van der Waals surface area contributed by atoms with Crippen molar-refractivity contribution in [1.82, 2.24) is 20.4 Å². The predicted octanol–water partition coefficient (Wildman–Crippen LogP) is 4.33. The Bertz CT molecular complexity index is 1210. The van der Waals surface area contributed by atoms with Crippen LogP contribution in [0, 0.1) is 17.3 Å². The van der Waals surface area contributed by atoms with Crippen molar-refractivity contribution in [2.24, 2.45) is 24.3 Å². The molecule has 0 bridgehead atoms. The van der Waals surface area contributed by atoms with Crippen molar-refractivity contribution in [2.45, 2.75) is 70.5 Å². The lowest BCUT2D eigenvalue weighted by Crippen LogP contribution is -2.54. The molecule has 0 saturated heterocycles. The highest BCUT2D eigenvalue weighted by Gasteiger charge is 2.54. The maximum atomic E-state index is 13.7. The standard InChI is InChI=1S/C28H36F3N5O3/c1-26(2,25(39)32-16-28(29,30)31)18-8-10-19(11-9-18)34-24(38)22(35-23(37)20-12-15-33-36(20)4)21(17-6-5-7-17)27(3)13-14-27/h8-12,15,17,21-22H,5-7,13-14,16H2,1-4H3,(H,32,39)(H,34,38)(H,35,37)/t21?,22-/m0/s1. The molecular formula is C28H36F3N5O3. The third-order valence-corrected chi connectivity index (χ3v) is 8.37. The van der Waals surface area contributed by atoms with Crippen molar-refractivity contribution in [3.05, 3.63) is 47.8 Å². The van der Waals surface area contributed by atoms with E-state index in [0.29, 0.717) is 22.9 Å². The molecule has 0 spiro atoms. The van der Waals surface area contributed by atoms with Crippen LogP contribution in [0.2, 0.25) is 0 Å². The van der Waals surface area contributed by atoms with Crippen molar-refractivity contribution in [3.63, 3.8) is 0 Å². The van der Waals surface area contributed by atoms with Crippen molar-refractivity contribution in [2.75, 3.05) is 11.9 Å². The molecule has 1 heterocycles. The first-order valence-corrected chi connectivity index (χ1v) is 13.3. The number of aryl methyl sites for hydroxylation is 1.